The highest BCUT2D eigenvalue weighted by molar-refractivity contribution is 5.71. The number of unbranched alkanes of at least 4 members (excludes halogenated alkanes) is 35. The lowest BCUT2D eigenvalue weighted by atomic mass is 10.0. The van der Waals surface area contributed by atoms with E-state index in [4.69, 9.17) is 14.2 Å². The minimum absolute atomic E-state index is 0.0681. The Morgan fingerprint density at radius 3 is 0.847 bits per heavy atom. The first-order valence-electron chi connectivity index (χ1n) is 26.2. The summed E-state index contributed by atoms with van der Waals surface area (Å²) in [6.45, 7) is 6.65. The summed E-state index contributed by atoms with van der Waals surface area (Å²) in [5.74, 6) is -0.861. The third-order valence-corrected chi connectivity index (χ3v) is 11.8. The van der Waals surface area contributed by atoms with Gasteiger partial charge >= 0.3 is 17.9 Å². The monoisotopic (exact) mass is 833 g/mol. The van der Waals surface area contributed by atoms with Gasteiger partial charge in [-0.2, -0.15) is 0 Å². The summed E-state index contributed by atoms with van der Waals surface area (Å²) in [6.07, 6.45) is 53.4. The second kappa shape index (κ2) is 48.8. The lowest BCUT2D eigenvalue weighted by Gasteiger charge is -2.18. The van der Waals surface area contributed by atoms with E-state index < -0.39 is 6.10 Å². The van der Waals surface area contributed by atoms with Crippen molar-refractivity contribution < 1.29 is 28.6 Å². The van der Waals surface area contributed by atoms with Gasteiger partial charge in [-0.3, -0.25) is 14.4 Å². The number of esters is 3. The maximum atomic E-state index is 12.8. The zero-order chi connectivity index (χ0) is 43.0. The van der Waals surface area contributed by atoms with Crippen LogP contribution in [0, 0.1) is 0 Å². The molecule has 0 aliphatic rings. The summed E-state index contributed by atoms with van der Waals surface area (Å²) in [5.41, 5.74) is 0. The van der Waals surface area contributed by atoms with E-state index in [0.717, 1.165) is 64.2 Å². The first-order chi connectivity index (χ1) is 29.0. The molecule has 0 rings (SSSR count). The molecule has 0 fully saturated rings. The molecule has 1 atom stereocenters. The fourth-order valence-electron chi connectivity index (χ4n) is 7.79. The van der Waals surface area contributed by atoms with Gasteiger partial charge in [0.1, 0.15) is 13.2 Å². The predicted molar refractivity (Wildman–Crippen MR) is 252 cm³/mol. The van der Waals surface area contributed by atoms with Gasteiger partial charge in [-0.25, -0.2) is 0 Å². The molecule has 0 heterocycles. The Morgan fingerprint density at radius 2 is 0.559 bits per heavy atom. The number of hydrogen-bond acceptors (Lipinski definition) is 6. The average molecular weight is 833 g/mol. The molecule has 0 aromatic heterocycles. The van der Waals surface area contributed by atoms with Crippen molar-refractivity contribution in [2.45, 2.75) is 297 Å². The van der Waals surface area contributed by atoms with Gasteiger partial charge in [0.15, 0.2) is 6.10 Å². The molecule has 0 radical (unpaired) electrons. The normalized spacial score (nSPS) is 12.0. The van der Waals surface area contributed by atoms with Crippen LogP contribution in [-0.4, -0.2) is 37.2 Å². The number of rotatable bonds is 48. The average Bonchev–Trinajstić information content (AvgIpc) is 3.23. The quantitative estimate of drug-likeness (QED) is 0.0263. The van der Waals surface area contributed by atoms with Crippen molar-refractivity contribution in [1.29, 1.82) is 0 Å². The number of carbonyl (C=O) groups excluding carboxylic acids is 3. The van der Waals surface area contributed by atoms with Gasteiger partial charge in [0.25, 0.3) is 0 Å². The van der Waals surface area contributed by atoms with Gasteiger partial charge in [-0.1, -0.05) is 238 Å². The SMILES string of the molecule is CCCCCCCC/C=C\CCCCCCCC(=O)O[C@H](COC(=O)CCCCCCCCCCCC)COC(=O)CCCCCCCCCCCCCCCCCC. The van der Waals surface area contributed by atoms with Crippen LogP contribution in [-0.2, 0) is 28.6 Å². The molecule has 0 N–H and O–H groups in total. The largest absolute Gasteiger partial charge is 0.462 e. The lowest BCUT2D eigenvalue weighted by molar-refractivity contribution is -0.167. The van der Waals surface area contributed by atoms with Crippen LogP contribution in [0.4, 0.5) is 0 Å². The van der Waals surface area contributed by atoms with E-state index in [1.54, 1.807) is 0 Å². The summed E-state index contributed by atoms with van der Waals surface area (Å²) < 4.78 is 16.8. The molecule has 0 aromatic rings. The molecular formula is C53H100O6. The molecule has 0 aromatic carbocycles. The van der Waals surface area contributed by atoms with E-state index in [1.165, 1.54) is 186 Å². The molecule has 0 amide bonds. The van der Waals surface area contributed by atoms with Crippen molar-refractivity contribution in [3.63, 3.8) is 0 Å². The molecule has 6 heteroatoms. The van der Waals surface area contributed by atoms with Crippen LogP contribution in [0.15, 0.2) is 12.2 Å². The Hall–Kier alpha value is -1.85. The van der Waals surface area contributed by atoms with E-state index in [-0.39, 0.29) is 31.1 Å². The molecule has 59 heavy (non-hydrogen) atoms. The molecule has 0 spiro atoms. The summed E-state index contributed by atoms with van der Waals surface area (Å²) >= 11 is 0. The van der Waals surface area contributed by atoms with E-state index in [0.29, 0.717) is 19.3 Å². The summed E-state index contributed by atoms with van der Waals surface area (Å²) in [6, 6.07) is 0. The number of carbonyl (C=O) groups is 3. The van der Waals surface area contributed by atoms with Crippen molar-refractivity contribution in [2.24, 2.45) is 0 Å². The van der Waals surface area contributed by atoms with Crippen LogP contribution in [0.1, 0.15) is 290 Å². The second-order valence-electron chi connectivity index (χ2n) is 17.8. The Morgan fingerprint density at radius 1 is 0.322 bits per heavy atom. The Bertz CT molecular complexity index is 916. The van der Waals surface area contributed by atoms with Crippen molar-refractivity contribution >= 4 is 17.9 Å². The highest BCUT2D eigenvalue weighted by Gasteiger charge is 2.19. The van der Waals surface area contributed by atoms with Crippen molar-refractivity contribution in [3.8, 4) is 0 Å². The Balaban J connectivity index is 4.30. The number of hydrogen-bond donors (Lipinski definition) is 0. The highest BCUT2D eigenvalue weighted by atomic mass is 16.6. The van der Waals surface area contributed by atoms with Gasteiger partial charge < -0.3 is 14.2 Å². The molecule has 0 saturated heterocycles. The summed E-state index contributed by atoms with van der Waals surface area (Å²) in [4.78, 5) is 37.9. The first kappa shape index (κ1) is 57.1. The van der Waals surface area contributed by atoms with E-state index in [1.807, 2.05) is 0 Å². The van der Waals surface area contributed by atoms with Crippen molar-refractivity contribution in [3.05, 3.63) is 12.2 Å². The van der Waals surface area contributed by atoms with Crippen LogP contribution in [0.3, 0.4) is 0 Å². The molecule has 0 bridgehead atoms. The number of ether oxygens (including phenoxy) is 3. The first-order valence-corrected chi connectivity index (χ1v) is 26.2. The molecule has 0 saturated carbocycles. The van der Waals surface area contributed by atoms with Crippen LogP contribution >= 0.6 is 0 Å². The van der Waals surface area contributed by atoms with Gasteiger partial charge in [0.05, 0.1) is 0 Å². The fraction of sp³-hybridized carbons (Fsp3) is 0.906. The minimum atomic E-state index is -0.767. The standard InChI is InChI=1S/C53H100O6/c1-4-7-10-13-16-19-22-24-26-28-29-31-34-37-40-43-46-52(55)58-49-50(48-57-51(54)45-42-39-36-33-21-18-15-12-9-6-3)59-53(56)47-44-41-38-35-32-30-27-25-23-20-17-14-11-8-5-2/h25,27,50H,4-24,26,28-49H2,1-3H3/b27-25-/t50-/m1/s1. The minimum Gasteiger partial charge on any atom is -0.462 e. The zero-order valence-electron chi connectivity index (χ0n) is 39.8. The van der Waals surface area contributed by atoms with Gasteiger partial charge in [0.2, 0.25) is 0 Å². The predicted octanol–water partition coefficient (Wildman–Crippen LogP) is 17.0. The molecule has 0 unspecified atom stereocenters. The van der Waals surface area contributed by atoms with Gasteiger partial charge in [-0.05, 0) is 44.9 Å². The molecule has 6 nitrogen and oxygen atoms in total. The molecule has 0 aliphatic carbocycles. The third-order valence-electron chi connectivity index (χ3n) is 11.8. The second-order valence-corrected chi connectivity index (χ2v) is 17.8. The van der Waals surface area contributed by atoms with Crippen LogP contribution < -0.4 is 0 Å². The topological polar surface area (TPSA) is 78.9 Å². The van der Waals surface area contributed by atoms with E-state index in [2.05, 4.69) is 32.9 Å². The molecule has 348 valence electrons. The summed E-state index contributed by atoms with van der Waals surface area (Å²) in [7, 11) is 0. The van der Waals surface area contributed by atoms with Gasteiger partial charge in [-0.15, -0.1) is 0 Å². The Labute approximate surface area is 367 Å². The third kappa shape index (κ3) is 47.1. The van der Waals surface area contributed by atoms with E-state index in [9.17, 15) is 14.4 Å². The summed E-state index contributed by atoms with van der Waals surface area (Å²) in [5, 5.41) is 0. The van der Waals surface area contributed by atoms with Crippen LogP contribution in [0.2, 0.25) is 0 Å². The zero-order valence-corrected chi connectivity index (χ0v) is 39.8. The maximum Gasteiger partial charge on any atom is 0.306 e. The maximum absolute atomic E-state index is 12.8. The smallest absolute Gasteiger partial charge is 0.306 e. The van der Waals surface area contributed by atoms with Crippen LogP contribution in [0.5, 0.6) is 0 Å². The number of allylic oxidation sites excluding steroid dienone is 2. The van der Waals surface area contributed by atoms with Crippen molar-refractivity contribution in [2.75, 3.05) is 13.2 Å². The van der Waals surface area contributed by atoms with Crippen molar-refractivity contribution in [1.82, 2.24) is 0 Å². The highest BCUT2D eigenvalue weighted by Crippen LogP contribution is 2.16. The molecule has 0 aliphatic heterocycles. The lowest BCUT2D eigenvalue weighted by Crippen LogP contribution is -2.30. The van der Waals surface area contributed by atoms with Gasteiger partial charge in [0, 0.05) is 19.3 Å². The fourth-order valence-corrected chi connectivity index (χ4v) is 7.79. The van der Waals surface area contributed by atoms with Crippen LogP contribution in [0.25, 0.3) is 0 Å². The molecular weight excluding hydrogens is 733 g/mol. The Kier molecular flexibility index (Phi) is 47.3. The van der Waals surface area contributed by atoms with E-state index >= 15 is 0 Å².